The van der Waals surface area contributed by atoms with Crippen LogP contribution < -0.4 is 0 Å². The van der Waals surface area contributed by atoms with E-state index in [-0.39, 0.29) is 11.1 Å². The van der Waals surface area contributed by atoms with Gasteiger partial charge in [0, 0.05) is 25.9 Å². The Kier molecular flexibility index (Phi) is 3.37. The molecule has 0 N–H and O–H groups in total. The van der Waals surface area contributed by atoms with Gasteiger partial charge in [0.2, 0.25) is 0 Å². The van der Waals surface area contributed by atoms with Gasteiger partial charge in [0.15, 0.2) is 5.82 Å². The third-order valence-electron chi connectivity index (χ3n) is 2.78. The molecule has 2 rings (SSSR count). The second-order valence-corrected chi connectivity index (χ2v) is 4.59. The summed E-state index contributed by atoms with van der Waals surface area (Å²) in [5, 5.41) is 10.6. The summed E-state index contributed by atoms with van der Waals surface area (Å²) in [6, 6.07) is 0. The Morgan fingerprint density at radius 2 is 2.22 bits per heavy atom. The summed E-state index contributed by atoms with van der Waals surface area (Å²) in [6.07, 6.45) is 5.27. The summed E-state index contributed by atoms with van der Waals surface area (Å²) in [6.45, 7) is 0. The minimum absolute atomic E-state index is 0.0228. The molecule has 8 heteroatoms. The third kappa shape index (κ3) is 2.23. The van der Waals surface area contributed by atoms with Crippen LogP contribution in [-0.2, 0) is 20.5 Å². The van der Waals surface area contributed by atoms with Gasteiger partial charge in [-0.05, 0) is 4.92 Å². The van der Waals surface area contributed by atoms with Crippen molar-refractivity contribution in [1.29, 1.82) is 0 Å². The van der Waals surface area contributed by atoms with E-state index >= 15 is 0 Å². The number of aromatic nitrogens is 4. The van der Waals surface area contributed by atoms with Crippen LogP contribution in [0.5, 0.6) is 0 Å². The van der Waals surface area contributed by atoms with Crippen LogP contribution >= 0.6 is 12.6 Å². The molecule has 0 aromatic carbocycles. The predicted octanol–water partition coefficient (Wildman–Crippen LogP) is 1.28. The molecule has 0 saturated carbocycles. The molecule has 18 heavy (non-hydrogen) atoms. The number of nitro groups is 1. The van der Waals surface area contributed by atoms with Gasteiger partial charge in [-0.2, -0.15) is 12.6 Å². The minimum atomic E-state index is -0.454. The monoisotopic (exact) mass is 267 g/mol. The molecule has 0 aliphatic carbocycles. The Labute approximate surface area is 109 Å². The molecule has 0 saturated heterocycles. The lowest BCUT2D eigenvalue weighted by Gasteiger charge is -2.08. The fourth-order valence-corrected chi connectivity index (χ4v) is 2.17. The second kappa shape index (κ2) is 4.81. The molecule has 1 atom stereocenters. The zero-order valence-electron chi connectivity index (χ0n) is 10.0. The van der Waals surface area contributed by atoms with E-state index in [1.54, 1.807) is 13.2 Å². The van der Waals surface area contributed by atoms with E-state index in [1.165, 1.54) is 10.8 Å². The van der Waals surface area contributed by atoms with Crippen LogP contribution in [0.15, 0.2) is 18.6 Å². The summed E-state index contributed by atoms with van der Waals surface area (Å²) in [5.74, 6) is 1.40. The standard InChI is InChI=1S/C10H13N5O2S/c1-13-4-3-11-10(13)7(18)5-8-12-6-9(14(8)2)15(16)17/h3-4,6-7,18H,5H2,1-2H3. The van der Waals surface area contributed by atoms with E-state index in [0.717, 1.165) is 5.82 Å². The fourth-order valence-electron chi connectivity index (χ4n) is 1.76. The lowest BCUT2D eigenvalue weighted by Crippen LogP contribution is -2.08. The molecule has 1 unspecified atom stereocenters. The van der Waals surface area contributed by atoms with Gasteiger partial charge in [0.25, 0.3) is 0 Å². The van der Waals surface area contributed by atoms with Crippen LogP contribution in [0.1, 0.15) is 16.9 Å². The van der Waals surface area contributed by atoms with Crippen molar-refractivity contribution >= 4 is 18.4 Å². The zero-order chi connectivity index (χ0) is 13.3. The fraction of sp³-hybridized carbons (Fsp3) is 0.400. The molecule has 2 aromatic heterocycles. The number of rotatable bonds is 4. The van der Waals surface area contributed by atoms with Crippen molar-refractivity contribution in [3.8, 4) is 0 Å². The molecule has 0 amide bonds. The van der Waals surface area contributed by atoms with Crippen molar-refractivity contribution in [2.75, 3.05) is 0 Å². The smallest absolute Gasteiger partial charge is 0.342 e. The maximum atomic E-state index is 10.7. The van der Waals surface area contributed by atoms with Crippen molar-refractivity contribution in [3.63, 3.8) is 0 Å². The van der Waals surface area contributed by atoms with Crippen molar-refractivity contribution in [1.82, 2.24) is 19.1 Å². The van der Waals surface area contributed by atoms with Gasteiger partial charge in [-0.25, -0.2) is 14.5 Å². The van der Waals surface area contributed by atoms with E-state index in [0.29, 0.717) is 12.2 Å². The molecule has 0 radical (unpaired) electrons. The highest BCUT2D eigenvalue weighted by Crippen LogP contribution is 2.23. The summed E-state index contributed by atoms with van der Waals surface area (Å²) in [4.78, 5) is 18.5. The average molecular weight is 267 g/mol. The number of hydrogen-bond donors (Lipinski definition) is 1. The maximum Gasteiger partial charge on any atom is 0.342 e. The van der Waals surface area contributed by atoms with Gasteiger partial charge in [-0.15, -0.1) is 0 Å². The molecule has 0 fully saturated rings. The number of imidazole rings is 2. The van der Waals surface area contributed by atoms with Crippen molar-refractivity contribution in [3.05, 3.63) is 40.4 Å². The van der Waals surface area contributed by atoms with E-state index in [4.69, 9.17) is 0 Å². The Balaban J connectivity index is 2.20. The van der Waals surface area contributed by atoms with Crippen LogP contribution in [0.4, 0.5) is 5.82 Å². The normalized spacial score (nSPS) is 12.6. The van der Waals surface area contributed by atoms with Gasteiger partial charge in [0.1, 0.15) is 12.0 Å². The molecule has 2 aromatic rings. The van der Waals surface area contributed by atoms with Crippen LogP contribution in [-0.4, -0.2) is 24.0 Å². The van der Waals surface area contributed by atoms with Crippen LogP contribution in [0.2, 0.25) is 0 Å². The van der Waals surface area contributed by atoms with Crippen molar-refractivity contribution in [2.24, 2.45) is 14.1 Å². The third-order valence-corrected chi connectivity index (χ3v) is 3.19. The molecule has 0 aliphatic rings. The lowest BCUT2D eigenvalue weighted by atomic mass is 10.2. The quantitative estimate of drug-likeness (QED) is 0.514. The van der Waals surface area contributed by atoms with Gasteiger partial charge in [-0.3, -0.25) is 0 Å². The van der Waals surface area contributed by atoms with Crippen LogP contribution in [0, 0.1) is 10.1 Å². The minimum Gasteiger partial charge on any atom is -0.358 e. The van der Waals surface area contributed by atoms with E-state index in [9.17, 15) is 10.1 Å². The molecule has 0 bridgehead atoms. The number of aryl methyl sites for hydroxylation is 1. The van der Waals surface area contributed by atoms with Gasteiger partial charge < -0.3 is 14.7 Å². The largest absolute Gasteiger partial charge is 0.358 e. The predicted molar refractivity (Wildman–Crippen MR) is 68.5 cm³/mol. The first-order valence-electron chi connectivity index (χ1n) is 5.31. The summed E-state index contributed by atoms with van der Waals surface area (Å²) in [5.41, 5.74) is 0. The number of nitrogens with zero attached hydrogens (tertiary/aromatic N) is 5. The highest BCUT2D eigenvalue weighted by atomic mass is 32.1. The first kappa shape index (κ1) is 12.6. The first-order valence-corrected chi connectivity index (χ1v) is 5.82. The molecular weight excluding hydrogens is 254 g/mol. The molecule has 96 valence electrons. The Bertz CT molecular complexity index is 577. The zero-order valence-corrected chi connectivity index (χ0v) is 10.9. The highest BCUT2D eigenvalue weighted by molar-refractivity contribution is 7.80. The highest BCUT2D eigenvalue weighted by Gasteiger charge is 2.21. The van der Waals surface area contributed by atoms with Gasteiger partial charge >= 0.3 is 5.82 Å². The Morgan fingerprint density at radius 1 is 1.50 bits per heavy atom. The van der Waals surface area contributed by atoms with Crippen LogP contribution in [0.3, 0.4) is 0 Å². The summed E-state index contributed by atoms with van der Waals surface area (Å²) >= 11 is 4.47. The second-order valence-electron chi connectivity index (χ2n) is 3.97. The number of hydrogen-bond acceptors (Lipinski definition) is 5. The lowest BCUT2D eigenvalue weighted by molar-refractivity contribution is -0.391. The molecule has 7 nitrogen and oxygen atoms in total. The van der Waals surface area contributed by atoms with Crippen LogP contribution in [0.25, 0.3) is 0 Å². The maximum absolute atomic E-state index is 10.7. The van der Waals surface area contributed by atoms with Crippen molar-refractivity contribution < 1.29 is 4.92 Å². The summed E-state index contributed by atoms with van der Waals surface area (Å²) in [7, 11) is 3.51. The van der Waals surface area contributed by atoms with Crippen molar-refractivity contribution in [2.45, 2.75) is 11.7 Å². The SMILES string of the molecule is Cn1ccnc1C(S)Cc1ncc([N+](=O)[O-])n1C. The van der Waals surface area contributed by atoms with Gasteiger partial charge in [-0.1, -0.05) is 0 Å². The average Bonchev–Trinajstić information content (AvgIpc) is 2.86. The Hall–Kier alpha value is -1.83. The molecular formula is C10H13N5O2S. The van der Waals surface area contributed by atoms with E-state index in [2.05, 4.69) is 22.6 Å². The van der Waals surface area contributed by atoms with Gasteiger partial charge in [0.05, 0.1) is 12.3 Å². The molecule has 2 heterocycles. The summed E-state index contributed by atoms with van der Waals surface area (Å²) < 4.78 is 3.33. The number of thiol groups is 1. The molecule has 0 spiro atoms. The Morgan fingerprint density at radius 3 is 2.72 bits per heavy atom. The molecule has 0 aliphatic heterocycles. The van der Waals surface area contributed by atoms with E-state index in [1.807, 2.05) is 17.8 Å². The topological polar surface area (TPSA) is 78.8 Å². The first-order chi connectivity index (χ1) is 8.50. The van der Waals surface area contributed by atoms with E-state index < -0.39 is 4.92 Å².